The third-order valence-electron chi connectivity index (χ3n) is 2.71. The molecule has 3 aromatic rings. The number of hydrogen-bond acceptors (Lipinski definition) is 5. The maximum atomic E-state index is 9.29. The molecule has 0 fully saturated rings. The number of oxazole rings is 1. The third-order valence-corrected chi connectivity index (χ3v) is 2.71. The molecule has 0 radical (unpaired) electrons. The number of benzene rings is 1. The van der Waals surface area contributed by atoms with E-state index < -0.39 is 5.92 Å². The van der Waals surface area contributed by atoms with Gasteiger partial charge in [-0.2, -0.15) is 15.5 Å². The van der Waals surface area contributed by atoms with Crippen molar-refractivity contribution in [1.82, 2.24) is 15.2 Å². The van der Waals surface area contributed by atoms with Crippen LogP contribution in [0.25, 0.3) is 11.1 Å². The van der Waals surface area contributed by atoms with Crippen molar-refractivity contribution in [2.75, 3.05) is 0 Å². The molecule has 0 aliphatic carbocycles. The van der Waals surface area contributed by atoms with Crippen LogP contribution in [-0.4, -0.2) is 15.2 Å². The quantitative estimate of drug-likeness (QED) is 0.682. The highest BCUT2D eigenvalue weighted by Crippen LogP contribution is 2.25. The fraction of sp³-hybridized carbons (Fsp3) is 0.0769. The number of hydrogen-bond donors (Lipinski definition) is 0. The zero-order chi connectivity index (χ0) is 12.4. The Morgan fingerprint density at radius 1 is 1.28 bits per heavy atom. The summed E-state index contributed by atoms with van der Waals surface area (Å²) >= 11 is 0. The first-order chi connectivity index (χ1) is 8.88. The van der Waals surface area contributed by atoms with E-state index in [2.05, 4.69) is 21.3 Å². The topological polar surface area (TPSA) is 75.6 Å². The molecular weight excluding hydrogens is 228 g/mol. The summed E-state index contributed by atoms with van der Waals surface area (Å²) in [5.41, 5.74) is 2.88. The van der Waals surface area contributed by atoms with Gasteiger partial charge in [0.2, 0.25) is 0 Å². The van der Waals surface area contributed by atoms with Crippen molar-refractivity contribution in [2.45, 2.75) is 5.92 Å². The molecule has 86 valence electrons. The Morgan fingerprint density at radius 3 is 3.00 bits per heavy atom. The number of aromatic nitrogens is 3. The first-order valence-corrected chi connectivity index (χ1v) is 5.39. The molecular formula is C13H8N4O. The molecule has 0 aliphatic rings. The number of rotatable bonds is 2. The second-order valence-electron chi connectivity index (χ2n) is 3.79. The van der Waals surface area contributed by atoms with E-state index in [0.29, 0.717) is 11.3 Å². The fourth-order valence-electron chi connectivity index (χ4n) is 1.83. The SMILES string of the molecule is N#CC(c1ccc2ncoc2c1)c1cccnn1. The second-order valence-corrected chi connectivity index (χ2v) is 3.79. The molecule has 0 N–H and O–H groups in total. The van der Waals surface area contributed by atoms with Gasteiger partial charge in [0.15, 0.2) is 12.0 Å². The summed E-state index contributed by atoms with van der Waals surface area (Å²) in [6.07, 6.45) is 2.97. The highest BCUT2D eigenvalue weighted by atomic mass is 16.3. The Balaban J connectivity index is 2.09. The van der Waals surface area contributed by atoms with E-state index in [1.807, 2.05) is 18.2 Å². The van der Waals surface area contributed by atoms with Gasteiger partial charge >= 0.3 is 0 Å². The molecule has 1 aromatic carbocycles. The molecule has 18 heavy (non-hydrogen) atoms. The molecule has 1 atom stereocenters. The van der Waals surface area contributed by atoms with Crippen molar-refractivity contribution in [3.05, 3.63) is 54.2 Å². The summed E-state index contributed by atoms with van der Waals surface area (Å²) in [5.74, 6) is -0.451. The fourth-order valence-corrected chi connectivity index (χ4v) is 1.83. The molecule has 2 heterocycles. The third kappa shape index (κ3) is 1.70. The molecule has 0 aliphatic heterocycles. The molecule has 0 spiro atoms. The van der Waals surface area contributed by atoms with Gasteiger partial charge in [-0.1, -0.05) is 6.07 Å². The predicted molar refractivity (Wildman–Crippen MR) is 63.5 cm³/mol. The maximum Gasteiger partial charge on any atom is 0.181 e. The van der Waals surface area contributed by atoms with Crippen LogP contribution in [0.3, 0.4) is 0 Å². The standard InChI is InChI=1S/C13H8N4O/c14-7-10(11-2-1-5-16-17-11)9-3-4-12-13(6-9)18-8-15-12/h1-6,8,10H. The zero-order valence-corrected chi connectivity index (χ0v) is 9.32. The lowest BCUT2D eigenvalue weighted by Crippen LogP contribution is -2.01. The van der Waals surface area contributed by atoms with Gasteiger partial charge in [0.05, 0.1) is 11.8 Å². The first-order valence-electron chi connectivity index (χ1n) is 5.39. The predicted octanol–water partition coefficient (Wildman–Crippen LogP) is 2.27. The molecule has 0 amide bonds. The molecule has 0 bridgehead atoms. The van der Waals surface area contributed by atoms with Gasteiger partial charge in [0, 0.05) is 6.20 Å². The summed E-state index contributed by atoms with van der Waals surface area (Å²) in [6, 6.07) is 11.3. The highest BCUT2D eigenvalue weighted by Gasteiger charge is 2.16. The van der Waals surface area contributed by atoms with Crippen LogP contribution in [0.2, 0.25) is 0 Å². The van der Waals surface area contributed by atoms with Crippen LogP contribution in [0.15, 0.2) is 47.3 Å². The van der Waals surface area contributed by atoms with Crippen LogP contribution in [0.4, 0.5) is 0 Å². The largest absolute Gasteiger partial charge is 0.443 e. The van der Waals surface area contributed by atoms with Crippen molar-refractivity contribution in [3.8, 4) is 6.07 Å². The number of fused-ring (bicyclic) bond motifs is 1. The van der Waals surface area contributed by atoms with Crippen molar-refractivity contribution in [1.29, 1.82) is 5.26 Å². The van der Waals surface area contributed by atoms with Crippen molar-refractivity contribution in [2.24, 2.45) is 0 Å². The molecule has 1 unspecified atom stereocenters. The van der Waals surface area contributed by atoms with E-state index in [9.17, 15) is 5.26 Å². The van der Waals surface area contributed by atoms with Gasteiger partial charge < -0.3 is 4.42 Å². The van der Waals surface area contributed by atoms with Crippen LogP contribution in [0.5, 0.6) is 0 Å². The van der Waals surface area contributed by atoms with E-state index in [-0.39, 0.29) is 0 Å². The second kappa shape index (κ2) is 4.26. The minimum absolute atomic E-state index is 0.451. The van der Waals surface area contributed by atoms with Gasteiger partial charge in [-0.3, -0.25) is 0 Å². The van der Waals surface area contributed by atoms with Gasteiger partial charge in [-0.05, 0) is 29.8 Å². The van der Waals surface area contributed by atoms with Gasteiger partial charge in [0.1, 0.15) is 11.4 Å². The molecule has 2 aromatic heterocycles. The molecule has 0 saturated carbocycles. The number of nitrogens with zero attached hydrogens (tertiary/aromatic N) is 4. The summed E-state index contributed by atoms with van der Waals surface area (Å²) in [6.45, 7) is 0. The van der Waals surface area contributed by atoms with Gasteiger partial charge in [-0.25, -0.2) is 4.98 Å². The van der Waals surface area contributed by atoms with E-state index in [0.717, 1.165) is 11.1 Å². The van der Waals surface area contributed by atoms with Crippen molar-refractivity contribution >= 4 is 11.1 Å². The Bertz CT molecular complexity index is 714. The van der Waals surface area contributed by atoms with E-state index in [1.54, 1.807) is 18.3 Å². The molecule has 0 saturated heterocycles. The lowest BCUT2D eigenvalue weighted by atomic mass is 9.97. The molecule has 5 heteroatoms. The minimum Gasteiger partial charge on any atom is -0.443 e. The summed E-state index contributed by atoms with van der Waals surface area (Å²) < 4.78 is 5.23. The van der Waals surface area contributed by atoms with Gasteiger partial charge in [0.25, 0.3) is 0 Å². The van der Waals surface area contributed by atoms with Crippen molar-refractivity contribution < 1.29 is 4.42 Å². The summed E-state index contributed by atoms with van der Waals surface area (Å²) in [4.78, 5) is 4.04. The van der Waals surface area contributed by atoms with Gasteiger partial charge in [-0.15, -0.1) is 0 Å². The molecule has 3 rings (SSSR count). The molecule has 5 nitrogen and oxygen atoms in total. The monoisotopic (exact) mass is 236 g/mol. The van der Waals surface area contributed by atoms with E-state index in [1.165, 1.54) is 6.39 Å². The minimum atomic E-state index is -0.451. The lowest BCUT2D eigenvalue weighted by Gasteiger charge is -2.07. The van der Waals surface area contributed by atoms with Crippen LogP contribution in [-0.2, 0) is 0 Å². The van der Waals surface area contributed by atoms with E-state index >= 15 is 0 Å². The van der Waals surface area contributed by atoms with Crippen LogP contribution in [0.1, 0.15) is 17.2 Å². The van der Waals surface area contributed by atoms with Crippen molar-refractivity contribution in [3.63, 3.8) is 0 Å². The van der Waals surface area contributed by atoms with Crippen LogP contribution in [0, 0.1) is 11.3 Å². The Hall–Kier alpha value is -2.74. The normalized spacial score (nSPS) is 12.2. The van der Waals surface area contributed by atoms with E-state index in [4.69, 9.17) is 4.42 Å². The number of nitriles is 1. The Labute approximate surface area is 103 Å². The smallest absolute Gasteiger partial charge is 0.181 e. The zero-order valence-electron chi connectivity index (χ0n) is 9.32. The summed E-state index contributed by atoms with van der Waals surface area (Å²) in [7, 11) is 0. The van der Waals surface area contributed by atoms with Crippen LogP contribution >= 0.6 is 0 Å². The maximum absolute atomic E-state index is 9.29. The highest BCUT2D eigenvalue weighted by molar-refractivity contribution is 5.73. The average molecular weight is 236 g/mol. The Kier molecular flexibility index (Phi) is 2.47. The first kappa shape index (κ1) is 10.4. The lowest BCUT2D eigenvalue weighted by molar-refractivity contribution is 0.601. The Morgan fingerprint density at radius 2 is 2.22 bits per heavy atom. The average Bonchev–Trinajstić information content (AvgIpc) is 2.88. The summed E-state index contributed by atoms with van der Waals surface area (Å²) in [5, 5.41) is 17.1. The van der Waals surface area contributed by atoms with Crippen LogP contribution < -0.4 is 0 Å².